The van der Waals surface area contributed by atoms with Gasteiger partial charge >= 0.3 is 0 Å². The van der Waals surface area contributed by atoms with E-state index in [-0.39, 0.29) is 0 Å². The highest BCUT2D eigenvalue weighted by Crippen LogP contribution is 2.14. The first-order valence-electron chi connectivity index (χ1n) is 5.25. The molecule has 0 radical (unpaired) electrons. The van der Waals surface area contributed by atoms with Crippen molar-refractivity contribution in [3.63, 3.8) is 0 Å². The van der Waals surface area contributed by atoms with Crippen LogP contribution in [0.25, 0.3) is 0 Å². The van der Waals surface area contributed by atoms with Crippen molar-refractivity contribution >= 4 is 15.9 Å². The Hall–Kier alpha value is -0.300. The average molecular weight is 255 g/mol. The van der Waals surface area contributed by atoms with Gasteiger partial charge in [-0.25, -0.2) is 0 Å². The lowest BCUT2D eigenvalue weighted by atomic mass is 9.99. The highest BCUT2D eigenvalue weighted by Gasteiger charge is 2.01. The molecule has 0 nitrogen and oxygen atoms in total. The van der Waals surface area contributed by atoms with Crippen molar-refractivity contribution in [2.45, 2.75) is 33.6 Å². The van der Waals surface area contributed by atoms with Gasteiger partial charge in [-0.1, -0.05) is 52.2 Å². The van der Waals surface area contributed by atoms with Crippen LogP contribution in [0.4, 0.5) is 0 Å². The Bertz CT molecular complexity index is 271. The number of rotatable bonds is 4. The highest BCUT2D eigenvalue weighted by atomic mass is 79.9. The second-order valence-electron chi connectivity index (χ2n) is 4.29. The largest absolute Gasteiger partial charge is 0.0925 e. The summed E-state index contributed by atoms with van der Waals surface area (Å²) in [6.45, 7) is 6.63. The molecule has 1 aromatic carbocycles. The van der Waals surface area contributed by atoms with E-state index < -0.39 is 0 Å². The van der Waals surface area contributed by atoms with Gasteiger partial charge in [0.25, 0.3) is 0 Å². The fraction of sp³-hybridized carbons (Fsp3) is 0.538. The Morgan fingerprint density at radius 3 is 2.21 bits per heavy atom. The van der Waals surface area contributed by atoms with Crippen LogP contribution in [0.5, 0.6) is 0 Å². The normalized spacial score (nSPS) is 12.9. The van der Waals surface area contributed by atoms with Crippen LogP contribution in [0.1, 0.15) is 30.0 Å². The Morgan fingerprint density at radius 1 is 1.14 bits per heavy atom. The van der Waals surface area contributed by atoms with Crippen molar-refractivity contribution in [1.82, 2.24) is 0 Å². The zero-order chi connectivity index (χ0) is 10.6. The first kappa shape index (κ1) is 11.8. The molecule has 1 aromatic rings. The molecule has 0 amide bonds. The summed E-state index contributed by atoms with van der Waals surface area (Å²) >= 11 is 3.52. The molecule has 78 valence electrons. The minimum atomic E-state index is 0.774. The minimum Gasteiger partial charge on any atom is -0.0925 e. The third-order valence-electron chi connectivity index (χ3n) is 2.47. The van der Waals surface area contributed by atoms with Crippen molar-refractivity contribution in [3.8, 4) is 0 Å². The van der Waals surface area contributed by atoms with Crippen molar-refractivity contribution in [2.24, 2.45) is 5.92 Å². The Morgan fingerprint density at radius 2 is 1.71 bits per heavy atom. The summed E-state index contributed by atoms with van der Waals surface area (Å²) in [5, 5.41) is 1.11. The number of halogens is 1. The fourth-order valence-corrected chi connectivity index (χ4v) is 2.03. The van der Waals surface area contributed by atoms with Gasteiger partial charge < -0.3 is 0 Å². The molecule has 1 unspecified atom stereocenters. The first-order valence-corrected chi connectivity index (χ1v) is 6.37. The molecule has 0 heterocycles. The first-order chi connectivity index (χ1) is 6.61. The quantitative estimate of drug-likeness (QED) is 0.705. The molecule has 1 rings (SSSR count). The zero-order valence-corrected chi connectivity index (χ0v) is 10.9. The van der Waals surface area contributed by atoms with Crippen LogP contribution in [0.3, 0.4) is 0 Å². The number of hydrogen-bond acceptors (Lipinski definition) is 0. The molecule has 0 saturated carbocycles. The minimum absolute atomic E-state index is 0.774. The highest BCUT2D eigenvalue weighted by molar-refractivity contribution is 9.09. The van der Waals surface area contributed by atoms with Crippen molar-refractivity contribution < 1.29 is 0 Å². The summed E-state index contributed by atoms with van der Waals surface area (Å²) in [7, 11) is 0. The van der Waals surface area contributed by atoms with E-state index >= 15 is 0 Å². The van der Waals surface area contributed by atoms with Gasteiger partial charge in [0.05, 0.1) is 0 Å². The maximum atomic E-state index is 3.52. The van der Waals surface area contributed by atoms with Crippen LogP contribution in [0.2, 0.25) is 0 Å². The van der Waals surface area contributed by atoms with Gasteiger partial charge in [-0.05, 0) is 38.2 Å². The Kier molecular flexibility index (Phi) is 4.67. The second-order valence-corrected chi connectivity index (χ2v) is 4.94. The zero-order valence-electron chi connectivity index (χ0n) is 9.31. The van der Waals surface area contributed by atoms with Gasteiger partial charge in [-0.3, -0.25) is 0 Å². The van der Waals surface area contributed by atoms with Crippen LogP contribution in [0, 0.1) is 19.8 Å². The average Bonchev–Trinajstić information content (AvgIpc) is 2.12. The molecule has 14 heavy (non-hydrogen) atoms. The smallest absolute Gasteiger partial charge is 0.00571 e. The van der Waals surface area contributed by atoms with E-state index in [9.17, 15) is 0 Å². The predicted molar refractivity (Wildman–Crippen MR) is 67.2 cm³/mol. The van der Waals surface area contributed by atoms with Gasteiger partial charge in [0.15, 0.2) is 0 Å². The van der Waals surface area contributed by atoms with Gasteiger partial charge in [0.1, 0.15) is 0 Å². The van der Waals surface area contributed by atoms with Crippen LogP contribution < -0.4 is 0 Å². The van der Waals surface area contributed by atoms with Gasteiger partial charge in [0.2, 0.25) is 0 Å². The molecule has 1 heteroatoms. The summed E-state index contributed by atoms with van der Waals surface area (Å²) < 4.78 is 0. The van der Waals surface area contributed by atoms with E-state index in [2.05, 4.69) is 54.9 Å². The molecule has 0 aliphatic heterocycles. The molecule has 0 spiro atoms. The van der Waals surface area contributed by atoms with Crippen molar-refractivity contribution in [3.05, 3.63) is 34.9 Å². The lowest BCUT2D eigenvalue weighted by Crippen LogP contribution is -1.98. The third kappa shape index (κ3) is 3.83. The summed E-state index contributed by atoms with van der Waals surface area (Å²) in [5.41, 5.74) is 4.24. The summed E-state index contributed by atoms with van der Waals surface area (Å²) in [4.78, 5) is 0. The van der Waals surface area contributed by atoms with Gasteiger partial charge in [0, 0.05) is 5.33 Å². The number of hydrogen-bond donors (Lipinski definition) is 0. The monoisotopic (exact) mass is 254 g/mol. The van der Waals surface area contributed by atoms with E-state index in [1.807, 2.05) is 0 Å². The summed E-state index contributed by atoms with van der Waals surface area (Å²) in [6, 6.07) is 6.83. The van der Waals surface area contributed by atoms with E-state index in [0.29, 0.717) is 0 Å². The van der Waals surface area contributed by atoms with E-state index in [0.717, 1.165) is 11.2 Å². The summed E-state index contributed by atoms with van der Waals surface area (Å²) in [6.07, 6.45) is 2.48. The van der Waals surface area contributed by atoms with E-state index in [1.165, 1.54) is 29.5 Å². The lowest BCUT2D eigenvalue weighted by molar-refractivity contribution is 0.599. The molecule has 0 bridgehead atoms. The van der Waals surface area contributed by atoms with Crippen LogP contribution in [-0.2, 0) is 6.42 Å². The SMILES string of the molecule is Cc1cc(C)cc(CCC(C)CBr)c1. The predicted octanol–water partition coefficient (Wildman–Crippen LogP) is 4.27. The third-order valence-corrected chi connectivity index (χ3v) is 3.58. The van der Waals surface area contributed by atoms with Crippen LogP contribution >= 0.6 is 15.9 Å². The maximum Gasteiger partial charge on any atom is 0.00571 e. The van der Waals surface area contributed by atoms with Gasteiger partial charge in [-0.15, -0.1) is 0 Å². The van der Waals surface area contributed by atoms with Crippen LogP contribution in [0.15, 0.2) is 18.2 Å². The number of aryl methyl sites for hydroxylation is 3. The topological polar surface area (TPSA) is 0 Å². The number of benzene rings is 1. The molecular weight excluding hydrogens is 236 g/mol. The molecule has 0 saturated heterocycles. The summed E-state index contributed by atoms with van der Waals surface area (Å²) in [5.74, 6) is 0.774. The van der Waals surface area contributed by atoms with Crippen molar-refractivity contribution in [1.29, 1.82) is 0 Å². The number of alkyl halides is 1. The molecule has 0 aliphatic carbocycles. The second kappa shape index (κ2) is 5.55. The standard InChI is InChI=1S/C13H19Br/c1-10(9-14)4-5-13-7-11(2)6-12(3)8-13/h6-8,10H,4-5,9H2,1-3H3. The molecule has 0 aliphatic rings. The lowest BCUT2D eigenvalue weighted by Gasteiger charge is -2.08. The molecule has 1 atom stereocenters. The van der Waals surface area contributed by atoms with Crippen molar-refractivity contribution in [2.75, 3.05) is 5.33 Å². The Balaban J connectivity index is 2.58. The fourth-order valence-electron chi connectivity index (χ4n) is 1.70. The van der Waals surface area contributed by atoms with E-state index in [4.69, 9.17) is 0 Å². The Labute approximate surface area is 95.9 Å². The van der Waals surface area contributed by atoms with Crippen LogP contribution in [-0.4, -0.2) is 5.33 Å². The molecule has 0 fully saturated rings. The molecule has 0 N–H and O–H groups in total. The molecule has 0 aromatic heterocycles. The van der Waals surface area contributed by atoms with Gasteiger partial charge in [-0.2, -0.15) is 0 Å². The molecular formula is C13H19Br. The van der Waals surface area contributed by atoms with E-state index in [1.54, 1.807) is 0 Å². The maximum absolute atomic E-state index is 3.52.